The number of carbonyl (C=O) groups is 2. The van der Waals surface area contributed by atoms with E-state index in [4.69, 9.17) is 10.5 Å². The summed E-state index contributed by atoms with van der Waals surface area (Å²) < 4.78 is 5.95. The average Bonchev–Trinajstić information content (AvgIpc) is 2.83. The number of amides is 1. The van der Waals surface area contributed by atoms with Gasteiger partial charge in [0.1, 0.15) is 0 Å². The Morgan fingerprint density at radius 1 is 1.21 bits per heavy atom. The molecule has 7 heteroatoms. The normalized spacial score (nSPS) is 22.9. The lowest BCUT2D eigenvalue weighted by Crippen LogP contribution is -2.59. The molecule has 0 aliphatic heterocycles. The number of nitrogens with two attached hydrogens (primary N) is 1. The number of nitrogens with one attached hydrogen (secondary N) is 1. The number of carbonyl (C=O) groups excluding carboxylic acids is 1. The summed E-state index contributed by atoms with van der Waals surface area (Å²) in [5.74, 6) is -0.852. The van der Waals surface area contributed by atoms with Gasteiger partial charge in [-0.15, -0.1) is 12.4 Å². The Balaban J connectivity index is 0.00000408. The number of hydrogen-bond donors (Lipinski definition) is 3. The summed E-state index contributed by atoms with van der Waals surface area (Å²) in [6, 6.07) is 5.83. The molecule has 3 unspecified atom stereocenters. The minimum atomic E-state index is -0.678. The number of rotatable bonds is 11. The first-order chi connectivity index (χ1) is 15.9. The smallest absolute Gasteiger partial charge is 0.306 e. The third-order valence-electron chi connectivity index (χ3n) is 8.43. The minimum absolute atomic E-state index is 0. The molecule has 0 aromatic heterocycles. The fourth-order valence-corrected chi connectivity index (χ4v) is 6.43. The van der Waals surface area contributed by atoms with E-state index in [0.29, 0.717) is 24.4 Å². The van der Waals surface area contributed by atoms with Crippen LogP contribution < -0.4 is 11.1 Å². The fourth-order valence-electron chi connectivity index (χ4n) is 6.43. The van der Waals surface area contributed by atoms with Gasteiger partial charge in [0.25, 0.3) is 0 Å². The Morgan fingerprint density at radius 2 is 1.88 bits per heavy atom. The number of benzene rings is 1. The standard InChI is InChI=1S/C27H42N2O4.ClH/c1-4-27(5-2)22-16-20(25(28)30)12-11-19(22)17-23(33-3)24(27)29-14-13-21(26(31)32)15-18-9-7-6-8-10-18;/h11-12,16,18,21,23-24,29H,4-10,13-15,17H2,1-3H3,(H2,28,30)(H,31,32);1H. The number of carboxylic acids is 1. The van der Waals surface area contributed by atoms with Gasteiger partial charge in [0.15, 0.2) is 0 Å². The second kappa shape index (κ2) is 12.9. The molecular formula is C27H43ClN2O4. The second-order valence-corrected chi connectivity index (χ2v) is 10.1. The van der Waals surface area contributed by atoms with E-state index in [9.17, 15) is 14.7 Å². The summed E-state index contributed by atoms with van der Waals surface area (Å²) in [6.45, 7) is 5.00. The molecule has 6 nitrogen and oxygen atoms in total. The van der Waals surface area contributed by atoms with Crippen molar-refractivity contribution in [2.45, 2.75) is 95.6 Å². The topological polar surface area (TPSA) is 102 Å². The quantitative estimate of drug-likeness (QED) is 0.408. The van der Waals surface area contributed by atoms with Gasteiger partial charge < -0.3 is 20.9 Å². The van der Waals surface area contributed by atoms with Crippen LogP contribution in [0.3, 0.4) is 0 Å². The molecule has 3 atom stereocenters. The van der Waals surface area contributed by atoms with Crippen LogP contribution in [-0.4, -0.2) is 42.8 Å². The van der Waals surface area contributed by atoms with E-state index in [1.54, 1.807) is 13.2 Å². The maximum absolute atomic E-state index is 12.0. The molecule has 1 aromatic rings. The Hall–Kier alpha value is -1.63. The molecule has 1 fully saturated rings. The highest BCUT2D eigenvalue weighted by atomic mass is 35.5. The zero-order valence-electron chi connectivity index (χ0n) is 21.0. The first-order valence-corrected chi connectivity index (χ1v) is 12.8. The third kappa shape index (κ3) is 6.13. The zero-order chi connectivity index (χ0) is 24.0. The van der Waals surface area contributed by atoms with Gasteiger partial charge in [-0.3, -0.25) is 9.59 Å². The van der Waals surface area contributed by atoms with Crippen molar-refractivity contribution < 1.29 is 19.4 Å². The molecule has 2 aliphatic carbocycles. The van der Waals surface area contributed by atoms with E-state index >= 15 is 0 Å². The summed E-state index contributed by atoms with van der Waals surface area (Å²) in [6.07, 6.45) is 10.0. The number of aliphatic carboxylic acids is 1. The van der Waals surface area contributed by atoms with E-state index in [1.807, 2.05) is 12.1 Å². The highest BCUT2D eigenvalue weighted by Gasteiger charge is 2.46. The molecule has 0 heterocycles. The van der Waals surface area contributed by atoms with E-state index in [-0.39, 0.29) is 35.9 Å². The SMILES string of the molecule is CCC1(CC)c2cc(C(N)=O)ccc2CC(OC)C1NCCC(CC1CCCCC1)C(=O)O.Cl. The minimum Gasteiger partial charge on any atom is -0.481 e. The Labute approximate surface area is 210 Å². The maximum Gasteiger partial charge on any atom is 0.306 e. The van der Waals surface area contributed by atoms with Crippen LogP contribution in [0.15, 0.2) is 18.2 Å². The summed E-state index contributed by atoms with van der Waals surface area (Å²) in [7, 11) is 1.75. The number of fused-ring (bicyclic) bond motifs is 1. The van der Waals surface area contributed by atoms with Crippen LogP contribution in [0.4, 0.5) is 0 Å². The lowest BCUT2D eigenvalue weighted by molar-refractivity contribution is -0.142. The van der Waals surface area contributed by atoms with E-state index in [2.05, 4.69) is 19.2 Å². The van der Waals surface area contributed by atoms with Gasteiger partial charge in [-0.25, -0.2) is 0 Å². The van der Waals surface area contributed by atoms with Crippen molar-refractivity contribution in [3.63, 3.8) is 0 Å². The van der Waals surface area contributed by atoms with Crippen LogP contribution in [-0.2, 0) is 21.4 Å². The number of primary amides is 1. The molecule has 1 amide bonds. The Kier molecular flexibility index (Phi) is 10.8. The average molecular weight is 495 g/mol. The van der Waals surface area contributed by atoms with Gasteiger partial charge >= 0.3 is 5.97 Å². The van der Waals surface area contributed by atoms with Gasteiger partial charge in [0.2, 0.25) is 5.91 Å². The number of methoxy groups -OCH3 is 1. The largest absolute Gasteiger partial charge is 0.481 e. The van der Waals surface area contributed by atoms with Crippen LogP contribution in [0.25, 0.3) is 0 Å². The molecule has 0 spiro atoms. The van der Waals surface area contributed by atoms with Crippen LogP contribution in [0.5, 0.6) is 0 Å². The molecule has 0 radical (unpaired) electrons. The van der Waals surface area contributed by atoms with Crippen molar-refractivity contribution in [3.8, 4) is 0 Å². The molecule has 4 N–H and O–H groups in total. The van der Waals surface area contributed by atoms with Gasteiger partial charge in [0, 0.05) is 30.6 Å². The van der Waals surface area contributed by atoms with Gasteiger partial charge in [-0.1, -0.05) is 52.0 Å². The molecule has 3 rings (SSSR count). The van der Waals surface area contributed by atoms with Gasteiger partial charge in [0.05, 0.1) is 12.0 Å². The van der Waals surface area contributed by atoms with Gasteiger partial charge in [-0.2, -0.15) is 0 Å². The van der Waals surface area contributed by atoms with Crippen molar-refractivity contribution in [1.29, 1.82) is 0 Å². The highest BCUT2D eigenvalue weighted by Crippen LogP contribution is 2.44. The van der Waals surface area contributed by atoms with Crippen LogP contribution in [0, 0.1) is 11.8 Å². The Bertz CT molecular complexity index is 821. The molecule has 1 saturated carbocycles. The zero-order valence-corrected chi connectivity index (χ0v) is 21.8. The molecule has 0 bridgehead atoms. The predicted molar refractivity (Wildman–Crippen MR) is 138 cm³/mol. The molecule has 2 aliphatic rings. The third-order valence-corrected chi connectivity index (χ3v) is 8.43. The number of halogens is 1. The van der Waals surface area contributed by atoms with Crippen molar-refractivity contribution in [3.05, 3.63) is 34.9 Å². The van der Waals surface area contributed by atoms with Crippen molar-refractivity contribution in [2.24, 2.45) is 17.6 Å². The van der Waals surface area contributed by atoms with Crippen molar-refractivity contribution in [1.82, 2.24) is 5.32 Å². The van der Waals surface area contributed by atoms with Crippen molar-refractivity contribution in [2.75, 3.05) is 13.7 Å². The lowest BCUT2D eigenvalue weighted by atomic mass is 9.62. The maximum atomic E-state index is 12.0. The van der Waals surface area contributed by atoms with E-state index in [0.717, 1.165) is 25.7 Å². The summed E-state index contributed by atoms with van der Waals surface area (Å²) in [5.41, 5.74) is 8.29. The molecule has 34 heavy (non-hydrogen) atoms. The molecule has 0 saturated heterocycles. The molecular weight excluding hydrogens is 452 g/mol. The number of ether oxygens (including phenoxy) is 1. The van der Waals surface area contributed by atoms with Crippen LogP contribution in [0.2, 0.25) is 0 Å². The van der Waals surface area contributed by atoms with E-state index < -0.39 is 11.9 Å². The first-order valence-electron chi connectivity index (χ1n) is 12.8. The molecule has 192 valence electrons. The predicted octanol–water partition coefficient (Wildman–Crippen LogP) is 4.86. The number of carboxylic acid groups (broad SMARTS) is 1. The van der Waals surface area contributed by atoms with E-state index in [1.165, 1.54) is 43.2 Å². The van der Waals surface area contributed by atoms with Crippen LogP contribution in [0.1, 0.15) is 93.1 Å². The Morgan fingerprint density at radius 3 is 2.44 bits per heavy atom. The summed E-state index contributed by atoms with van der Waals surface area (Å²) in [4.78, 5) is 23.9. The summed E-state index contributed by atoms with van der Waals surface area (Å²) in [5, 5.41) is 13.6. The highest BCUT2D eigenvalue weighted by molar-refractivity contribution is 5.93. The monoisotopic (exact) mass is 494 g/mol. The first kappa shape index (κ1) is 28.6. The van der Waals surface area contributed by atoms with Gasteiger partial charge in [-0.05, 0) is 61.4 Å². The summed E-state index contributed by atoms with van der Waals surface area (Å²) >= 11 is 0. The lowest BCUT2D eigenvalue weighted by Gasteiger charge is -2.49. The second-order valence-electron chi connectivity index (χ2n) is 10.1. The fraction of sp³-hybridized carbons (Fsp3) is 0.704. The number of hydrogen-bond acceptors (Lipinski definition) is 4. The molecule has 1 aromatic carbocycles. The van der Waals surface area contributed by atoms with Crippen molar-refractivity contribution >= 4 is 24.3 Å². The van der Waals surface area contributed by atoms with Crippen LogP contribution >= 0.6 is 12.4 Å².